The highest BCUT2D eigenvalue weighted by Gasteiger charge is 2.15. The number of hydrogen-bond acceptors (Lipinski definition) is 6. The molecule has 6 nitrogen and oxygen atoms in total. The van der Waals surface area contributed by atoms with Gasteiger partial charge < -0.3 is 9.47 Å². The monoisotopic (exact) mass is 377 g/mol. The number of benzene rings is 1. The first-order valence-corrected chi connectivity index (χ1v) is 8.25. The fourth-order valence-electron chi connectivity index (χ4n) is 2.15. The number of thiazole rings is 1. The summed E-state index contributed by atoms with van der Waals surface area (Å²) >= 11 is 1.26. The SMILES string of the molecule is COc1cc(C(=O)Nc2nc(-c3cccnc3)cs2)ccc1OC(F)F. The van der Waals surface area contributed by atoms with Gasteiger partial charge in [0.05, 0.1) is 12.8 Å². The van der Waals surface area contributed by atoms with Gasteiger partial charge in [-0.15, -0.1) is 11.3 Å². The van der Waals surface area contributed by atoms with Crippen molar-refractivity contribution in [2.75, 3.05) is 12.4 Å². The Morgan fingerprint density at radius 2 is 2.12 bits per heavy atom. The van der Waals surface area contributed by atoms with E-state index in [2.05, 4.69) is 20.0 Å². The third kappa shape index (κ3) is 4.12. The molecule has 1 N–H and O–H groups in total. The predicted molar refractivity (Wildman–Crippen MR) is 92.9 cm³/mol. The number of nitrogens with zero attached hydrogens (tertiary/aromatic N) is 2. The average molecular weight is 377 g/mol. The molecule has 0 saturated carbocycles. The lowest BCUT2D eigenvalue weighted by atomic mass is 10.2. The first-order chi connectivity index (χ1) is 12.6. The van der Waals surface area contributed by atoms with Crippen LogP contribution in [0.3, 0.4) is 0 Å². The van der Waals surface area contributed by atoms with E-state index in [0.717, 1.165) is 5.56 Å². The number of anilines is 1. The molecule has 9 heteroatoms. The van der Waals surface area contributed by atoms with Crippen LogP contribution in [0.1, 0.15) is 10.4 Å². The van der Waals surface area contributed by atoms with Crippen molar-refractivity contribution in [1.82, 2.24) is 9.97 Å². The molecule has 0 fully saturated rings. The van der Waals surface area contributed by atoms with E-state index < -0.39 is 12.5 Å². The van der Waals surface area contributed by atoms with Crippen LogP contribution in [-0.2, 0) is 0 Å². The molecule has 0 atom stereocenters. The zero-order valence-electron chi connectivity index (χ0n) is 13.5. The van der Waals surface area contributed by atoms with Gasteiger partial charge in [0.1, 0.15) is 0 Å². The third-order valence-corrected chi connectivity index (χ3v) is 4.08. The molecule has 0 radical (unpaired) electrons. The second-order valence-corrected chi connectivity index (χ2v) is 5.84. The van der Waals surface area contributed by atoms with Crippen LogP contribution in [0.2, 0.25) is 0 Å². The molecule has 0 saturated heterocycles. The van der Waals surface area contributed by atoms with Gasteiger partial charge in [-0.3, -0.25) is 15.1 Å². The Labute approximate surface area is 151 Å². The zero-order valence-corrected chi connectivity index (χ0v) is 14.3. The number of rotatable bonds is 6. The predicted octanol–water partition coefficient (Wildman–Crippen LogP) is 4.07. The topological polar surface area (TPSA) is 73.3 Å². The van der Waals surface area contributed by atoms with Crippen molar-refractivity contribution < 1.29 is 23.0 Å². The summed E-state index contributed by atoms with van der Waals surface area (Å²) in [4.78, 5) is 20.7. The Balaban J connectivity index is 1.75. The first-order valence-electron chi connectivity index (χ1n) is 7.37. The molecule has 0 bridgehead atoms. The van der Waals surface area contributed by atoms with Gasteiger partial charge in [0.25, 0.3) is 5.91 Å². The minimum absolute atomic E-state index is 0.0353. The summed E-state index contributed by atoms with van der Waals surface area (Å²) in [5, 5.41) is 4.87. The van der Waals surface area contributed by atoms with E-state index in [-0.39, 0.29) is 17.1 Å². The number of pyridine rings is 1. The highest BCUT2D eigenvalue weighted by Crippen LogP contribution is 2.30. The molecular weight excluding hydrogens is 364 g/mol. The van der Waals surface area contributed by atoms with E-state index in [1.807, 2.05) is 6.07 Å². The molecule has 2 aromatic heterocycles. The molecule has 3 aromatic rings. The van der Waals surface area contributed by atoms with Crippen LogP contribution in [0.15, 0.2) is 48.1 Å². The Morgan fingerprint density at radius 1 is 1.27 bits per heavy atom. The van der Waals surface area contributed by atoms with E-state index >= 15 is 0 Å². The zero-order chi connectivity index (χ0) is 18.5. The summed E-state index contributed by atoms with van der Waals surface area (Å²) in [5.41, 5.74) is 1.75. The van der Waals surface area contributed by atoms with Gasteiger partial charge in [-0.1, -0.05) is 0 Å². The summed E-state index contributed by atoms with van der Waals surface area (Å²) in [6, 6.07) is 7.60. The molecule has 26 heavy (non-hydrogen) atoms. The van der Waals surface area contributed by atoms with Crippen molar-refractivity contribution in [1.29, 1.82) is 0 Å². The summed E-state index contributed by atoms with van der Waals surface area (Å²) in [5.74, 6) is -0.556. The Bertz CT molecular complexity index is 903. The summed E-state index contributed by atoms with van der Waals surface area (Å²) in [6.45, 7) is -2.98. The maximum Gasteiger partial charge on any atom is 0.387 e. The van der Waals surface area contributed by atoms with Crippen molar-refractivity contribution >= 4 is 22.4 Å². The number of amides is 1. The van der Waals surface area contributed by atoms with Crippen LogP contribution >= 0.6 is 11.3 Å². The van der Waals surface area contributed by atoms with Crippen LogP contribution in [0.4, 0.5) is 13.9 Å². The van der Waals surface area contributed by atoms with Crippen molar-refractivity contribution in [2.45, 2.75) is 6.61 Å². The number of methoxy groups -OCH3 is 1. The van der Waals surface area contributed by atoms with Gasteiger partial charge in [-0.25, -0.2) is 4.98 Å². The Hall–Kier alpha value is -3.07. The largest absolute Gasteiger partial charge is 0.493 e. The van der Waals surface area contributed by atoms with Crippen LogP contribution < -0.4 is 14.8 Å². The maximum absolute atomic E-state index is 12.4. The van der Waals surface area contributed by atoms with Crippen molar-refractivity contribution in [3.8, 4) is 22.8 Å². The van der Waals surface area contributed by atoms with E-state index in [4.69, 9.17) is 4.74 Å². The van der Waals surface area contributed by atoms with Gasteiger partial charge in [-0.05, 0) is 30.3 Å². The molecule has 1 aromatic carbocycles. The van der Waals surface area contributed by atoms with Crippen LogP contribution in [0.5, 0.6) is 11.5 Å². The summed E-state index contributed by atoms with van der Waals surface area (Å²) in [7, 11) is 1.30. The fourth-order valence-corrected chi connectivity index (χ4v) is 2.86. The number of aromatic nitrogens is 2. The normalized spacial score (nSPS) is 10.6. The molecule has 0 aliphatic carbocycles. The molecular formula is C17H13F2N3O3S. The van der Waals surface area contributed by atoms with E-state index in [1.54, 1.807) is 23.8 Å². The molecule has 1 amide bonds. The number of carbonyl (C=O) groups is 1. The lowest BCUT2D eigenvalue weighted by Crippen LogP contribution is -2.12. The van der Waals surface area contributed by atoms with Gasteiger partial charge in [0, 0.05) is 28.9 Å². The van der Waals surface area contributed by atoms with Crippen LogP contribution in [0, 0.1) is 0 Å². The highest BCUT2D eigenvalue weighted by atomic mass is 32.1. The summed E-state index contributed by atoms with van der Waals surface area (Å²) in [6.07, 6.45) is 3.33. The second kappa shape index (κ2) is 7.87. The minimum Gasteiger partial charge on any atom is -0.493 e. The smallest absolute Gasteiger partial charge is 0.387 e. The first kappa shape index (κ1) is 17.7. The van der Waals surface area contributed by atoms with Gasteiger partial charge in [0.2, 0.25) is 0 Å². The molecule has 134 valence electrons. The summed E-state index contributed by atoms with van der Waals surface area (Å²) < 4.78 is 34.0. The molecule has 0 unspecified atom stereocenters. The minimum atomic E-state index is -2.98. The molecule has 3 rings (SSSR count). The molecule has 0 spiro atoms. The highest BCUT2D eigenvalue weighted by molar-refractivity contribution is 7.14. The number of hydrogen-bond donors (Lipinski definition) is 1. The molecule has 2 heterocycles. The van der Waals surface area contributed by atoms with E-state index in [9.17, 15) is 13.6 Å². The average Bonchev–Trinajstić information content (AvgIpc) is 3.10. The lowest BCUT2D eigenvalue weighted by Gasteiger charge is -2.11. The van der Waals surface area contributed by atoms with Gasteiger partial charge >= 0.3 is 6.61 Å². The third-order valence-electron chi connectivity index (χ3n) is 3.32. The van der Waals surface area contributed by atoms with Crippen LogP contribution in [-0.4, -0.2) is 29.6 Å². The Kier molecular flexibility index (Phi) is 5.37. The quantitative estimate of drug-likeness (QED) is 0.701. The van der Waals surface area contributed by atoms with Crippen LogP contribution in [0.25, 0.3) is 11.3 Å². The van der Waals surface area contributed by atoms with Crippen molar-refractivity contribution in [3.05, 3.63) is 53.7 Å². The molecule has 0 aliphatic rings. The standard InChI is InChI=1S/C17H13F2N3O3S/c1-24-14-7-10(4-5-13(14)25-16(18)19)15(23)22-17-21-12(9-26-17)11-3-2-6-20-8-11/h2-9,16H,1H3,(H,21,22,23). The van der Waals surface area contributed by atoms with E-state index in [1.165, 1.54) is 36.6 Å². The molecule has 0 aliphatic heterocycles. The number of halogens is 2. The van der Waals surface area contributed by atoms with Crippen molar-refractivity contribution in [3.63, 3.8) is 0 Å². The van der Waals surface area contributed by atoms with Gasteiger partial charge in [0.15, 0.2) is 16.6 Å². The van der Waals surface area contributed by atoms with Gasteiger partial charge in [-0.2, -0.15) is 8.78 Å². The maximum atomic E-state index is 12.4. The number of nitrogens with one attached hydrogen (secondary N) is 1. The second-order valence-electron chi connectivity index (χ2n) is 4.98. The van der Waals surface area contributed by atoms with E-state index in [0.29, 0.717) is 10.8 Å². The number of carbonyl (C=O) groups excluding carboxylic acids is 1. The number of alkyl halides is 2. The lowest BCUT2D eigenvalue weighted by molar-refractivity contribution is -0.0512. The fraction of sp³-hybridized carbons (Fsp3) is 0.118. The Morgan fingerprint density at radius 3 is 2.81 bits per heavy atom. The number of ether oxygens (including phenoxy) is 2. The van der Waals surface area contributed by atoms with Crippen molar-refractivity contribution in [2.24, 2.45) is 0 Å².